The second kappa shape index (κ2) is 3.27. The first-order valence-electron chi connectivity index (χ1n) is 4.14. The van der Waals surface area contributed by atoms with E-state index in [1.165, 1.54) is 0 Å². The van der Waals surface area contributed by atoms with Crippen molar-refractivity contribution < 1.29 is 4.52 Å². The van der Waals surface area contributed by atoms with Crippen LogP contribution >= 0.6 is 0 Å². The molecule has 0 amide bonds. The van der Waals surface area contributed by atoms with Crippen molar-refractivity contribution in [2.24, 2.45) is 0 Å². The van der Waals surface area contributed by atoms with Crippen molar-refractivity contribution in [3.05, 3.63) is 17.5 Å². The van der Waals surface area contributed by atoms with Crippen LogP contribution in [0.2, 0.25) is 0 Å². The van der Waals surface area contributed by atoms with Crippen LogP contribution in [0, 0.1) is 0 Å². The van der Waals surface area contributed by atoms with E-state index in [4.69, 9.17) is 4.52 Å². The van der Waals surface area contributed by atoms with Crippen molar-refractivity contribution in [3.63, 3.8) is 0 Å². The molecule has 0 aliphatic rings. The molecule has 0 saturated carbocycles. The quantitative estimate of drug-likeness (QED) is 0.730. The summed E-state index contributed by atoms with van der Waals surface area (Å²) in [6.07, 6.45) is 1.77. The summed E-state index contributed by atoms with van der Waals surface area (Å²) in [5.74, 6) is 0.969. The summed E-state index contributed by atoms with van der Waals surface area (Å²) in [6.45, 7) is 7.17. The van der Waals surface area contributed by atoms with Gasteiger partial charge in [-0.25, -0.2) is 0 Å². The largest absolute Gasteiger partial charge is 0.361 e. The predicted octanol–water partition coefficient (Wildman–Crippen LogP) is 1.69. The van der Waals surface area contributed by atoms with E-state index in [2.05, 4.69) is 31.2 Å². The maximum Gasteiger partial charge on any atom is 0.146 e. The fourth-order valence-corrected chi connectivity index (χ4v) is 1.19. The van der Waals surface area contributed by atoms with Crippen LogP contribution in [-0.2, 0) is 12.0 Å². The Kier molecular flexibility index (Phi) is 2.52. The first-order valence-corrected chi connectivity index (χ1v) is 4.14. The Morgan fingerprint density at radius 2 is 2.17 bits per heavy atom. The smallest absolute Gasteiger partial charge is 0.146 e. The lowest BCUT2D eigenvalue weighted by atomic mass is 9.90. The van der Waals surface area contributed by atoms with E-state index in [9.17, 15) is 0 Å². The number of hydrogen-bond acceptors (Lipinski definition) is 3. The monoisotopic (exact) mass is 168 g/mol. The van der Waals surface area contributed by atoms with Crippen LogP contribution in [0.4, 0.5) is 0 Å². The Morgan fingerprint density at radius 1 is 1.50 bits per heavy atom. The summed E-state index contributed by atoms with van der Waals surface area (Å²) < 4.78 is 5.19. The molecule has 0 fully saturated rings. The van der Waals surface area contributed by atoms with Gasteiger partial charge >= 0.3 is 0 Å². The fraction of sp³-hybridized carbons (Fsp3) is 0.667. The maximum absolute atomic E-state index is 5.19. The van der Waals surface area contributed by atoms with E-state index in [1.54, 1.807) is 6.20 Å². The minimum Gasteiger partial charge on any atom is -0.361 e. The number of nitrogens with one attached hydrogen (secondary N) is 1. The molecule has 3 nitrogen and oxygen atoms in total. The van der Waals surface area contributed by atoms with E-state index in [0.717, 1.165) is 17.9 Å². The summed E-state index contributed by atoms with van der Waals surface area (Å²) in [4.78, 5) is 0. The molecule has 0 saturated heterocycles. The zero-order valence-corrected chi connectivity index (χ0v) is 8.14. The van der Waals surface area contributed by atoms with E-state index >= 15 is 0 Å². The molecule has 1 aromatic heterocycles. The van der Waals surface area contributed by atoms with Gasteiger partial charge in [-0.15, -0.1) is 0 Å². The van der Waals surface area contributed by atoms with E-state index in [0.29, 0.717) is 0 Å². The highest BCUT2D eigenvalue weighted by molar-refractivity contribution is 5.20. The van der Waals surface area contributed by atoms with Crippen molar-refractivity contribution in [1.82, 2.24) is 10.5 Å². The van der Waals surface area contributed by atoms with Crippen LogP contribution in [-0.4, -0.2) is 12.2 Å². The lowest BCUT2D eigenvalue weighted by molar-refractivity contribution is 0.326. The zero-order valence-electron chi connectivity index (χ0n) is 8.14. The van der Waals surface area contributed by atoms with Gasteiger partial charge in [-0.3, -0.25) is 0 Å². The van der Waals surface area contributed by atoms with Gasteiger partial charge < -0.3 is 9.84 Å². The molecule has 0 aliphatic heterocycles. The molecule has 0 unspecified atom stereocenters. The molecule has 12 heavy (non-hydrogen) atoms. The molecule has 0 radical (unpaired) electrons. The van der Waals surface area contributed by atoms with E-state index in [-0.39, 0.29) is 5.41 Å². The van der Waals surface area contributed by atoms with Gasteiger partial charge in [-0.05, 0) is 7.05 Å². The highest BCUT2D eigenvalue weighted by Gasteiger charge is 2.22. The minimum atomic E-state index is 0.0443. The Balaban J connectivity index is 2.91. The minimum absolute atomic E-state index is 0.0443. The molecule has 3 heteroatoms. The van der Waals surface area contributed by atoms with Crippen LogP contribution in [0.1, 0.15) is 32.1 Å². The second-order valence-electron chi connectivity index (χ2n) is 3.96. The van der Waals surface area contributed by atoms with Crippen LogP contribution in [0.5, 0.6) is 0 Å². The summed E-state index contributed by atoms with van der Waals surface area (Å²) in [7, 11) is 1.92. The molecular weight excluding hydrogens is 152 g/mol. The summed E-state index contributed by atoms with van der Waals surface area (Å²) in [5.41, 5.74) is 1.19. The van der Waals surface area contributed by atoms with E-state index < -0.39 is 0 Å². The number of nitrogens with zero attached hydrogens (tertiary/aromatic N) is 1. The number of hydrogen-bond donors (Lipinski definition) is 1. The molecule has 0 atom stereocenters. The van der Waals surface area contributed by atoms with Gasteiger partial charge in [0.05, 0.1) is 6.20 Å². The maximum atomic E-state index is 5.19. The van der Waals surface area contributed by atoms with Gasteiger partial charge in [0.1, 0.15) is 5.76 Å². The third kappa shape index (κ3) is 1.85. The standard InChI is InChI=1S/C9H16N2O/c1-9(2,3)8-7(5-10-4)6-11-12-8/h6,10H,5H2,1-4H3. The Bertz CT molecular complexity index is 247. The number of rotatable bonds is 2. The lowest BCUT2D eigenvalue weighted by Gasteiger charge is -2.15. The molecule has 0 bridgehead atoms. The first-order chi connectivity index (χ1) is 5.55. The predicted molar refractivity (Wildman–Crippen MR) is 48.0 cm³/mol. The third-order valence-electron chi connectivity index (χ3n) is 1.69. The van der Waals surface area contributed by atoms with Crippen LogP contribution in [0.15, 0.2) is 10.7 Å². The van der Waals surface area contributed by atoms with Gasteiger partial charge in [-0.2, -0.15) is 0 Å². The fourth-order valence-electron chi connectivity index (χ4n) is 1.19. The lowest BCUT2D eigenvalue weighted by Crippen LogP contribution is -2.15. The number of aromatic nitrogens is 1. The van der Waals surface area contributed by atoms with Crippen LogP contribution < -0.4 is 5.32 Å². The van der Waals surface area contributed by atoms with Crippen LogP contribution in [0.3, 0.4) is 0 Å². The molecule has 1 aromatic rings. The first kappa shape index (κ1) is 9.26. The average molecular weight is 168 g/mol. The van der Waals surface area contributed by atoms with Crippen molar-refractivity contribution in [3.8, 4) is 0 Å². The third-order valence-corrected chi connectivity index (χ3v) is 1.69. The molecule has 0 aromatic carbocycles. The zero-order chi connectivity index (χ0) is 9.19. The molecule has 0 aliphatic carbocycles. The highest BCUT2D eigenvalue weighted by atomic mass is 16.5. The summed E-state index contributed by atoms with van der Waals surface area (Å²) in [5, 5.41) is 6.87. The Hall–Kier alpha value is -0.830. The van der Waals surface area contributed by atoms with Gasteiger partial charge in [0, 0.05) is 17.5 Å². The Labute approximate surface area is 73.1 Å². The van der Waals surface area contributed by atoms with Crippen molar-refractivity contribution in [1.29, 1.82) is 0 Å². The molecule has 1 rings (SSSR count). The van der Waals surface area contributed by atoms with Gasteiger partial charge in [-0.1, -0.05) is 25.9 Å². The molecule has 68 valence electrons. The van der Waals surface area contributed by atoms with Gasteiger partial charge in [0.25, 0.3) is 0 Å². The molecular formula is C9H16N2O. The molecule has 1 N–H and O–H groups in total. The second-order valence-corrected chi connectivity index (χ2v) is 3.96. The van der Waals surface area contributed by atoms with Gasteiger partial charge in [0.2, 0.25) is 0 Å². The summed E-state index contributed by atoms with van der Waals surface area (Å²) in [6, 6.07) is 0. The molecule has 1 heterocycles. The Morgan fingerprint density at radius 3 is 2.67 bits per heavy atom. The van der Waals surface area contributed by atoms with E-state index in [1.807, 2.05) is 7.05 Å². The summed E-state index contributed by atoms with van der Waals surface area (Å²) >= 11 is 0. The van der Waals surface area contributed by atoms with Crippen molar-refractivity contribution >= 4 is 0 Å². The normalized spacial score (nSPS) is 12.0. The topological polar surface area (TPSA) is 38.1 Å². The highest BCUT2D eigenvalue weighted by Crippen LogP contribution is 2.25. The molecule has 0 spiro atoms. The SMILES string of the molecule is CNCc1cnoc1C(C)(C)C. The van der Waals surface area contributed by atoms with Crippen molar-refractivity contribution in [2.45, 2.75) is 32.7 Å². The van der Waals surface area contributed by atoms with Crippen molar-refractivity contribution in [2.75, 3.05) is 7.05 Å². The van der Waals surface area contributed by atoms with Gasteiger partial charge in [0.15, 0.2) is 0 Å². The van der Waals surface area contributed by atoms with Crippen LogP contribution in [0.25, 0.3) is 0 Å². The average Bonchev–Trinajstić information content (AvgIpc) is 2.34.